The summed E-state index contributed by atoms with van der Waals surface area (Å²) in [5.74, 6) is -0.235. The average Bonchev–Trinajstić information content (AvgIpc) is 3.97. The minimum Gasteiger partial charge on any atom is -0.399 e. The molecule has 6 aromatic rings. The van der Waals surface area contributed by atoms with E-state index < -0.39 is 95.0 Å². The average molecular weight is 993 g/mol. The predicted octanol–water partition coefficient (Wildman–Crippen LogP) is 7.43. The number of rotatable bonds is 6. The van der Waals surface area contributed by atoms with E-state index in [1.807, 2.05) is 27.7 Å². The molecule has 1 fully saturated rings. The van der Waals surface area contributed by atoms with E-state index >= 15 is 0 Å². The van der Waals surface area contributed by atoms with Crippen LogP contribution in [0.1, 0.15) is 63.3 Å². The van der Waals surface area contributed by atoms with E-state index in [0.717, 1.165) is 25.9 Å². The summed E-state index contributed by atoms with van der Waals surface area (Å²) in [4.78, 5) is 31.5. The molecular weight excluding hydrogens is 955 g/mol. The summed E-state index contributed by atoms with van der Waals surface area (Å²) in [5, 5.41) is 7.55. The summed E-state index contributed by atoms with van der Waals surface area (Å²) in [7, 11) is 2.41. The molecule has 6 aromatic heterocycles. The first-order valence-corrected chi connectivity index (χ1v) is 19.4. The number of imidazole rings is 2. The first-order valence-electron chi connectivity index (χ1n) is 18.6. The van der Waals surface area contributed by atoms with Crippen LogP contribution < -0.4 is 16.6 Å². The van der Waals surface area contributed by atoms with Crippen molar-refractivity contribution in [3.05, 3.63) is 85.1 Å². The van der Waals surface area contributed by atoms with Crippen LogP contribution in [-0.2, 0) is 48.8 Å². The summed E-state index contributed by atoms with van der Waals surface area (Å²) in [6, 6.07) is 0. The number of hydrogen-bond acceptors (Lipinski definition) is 8. The fourth-order valence-corrected chi connectivity index (χ4v) is 6.45. The Bertz CT molecular complexity index is 2760. The van der Waals surface area contributed by atoms with Crippen molar-refractivity contribution in [1.29, 1.82) is 0 Å². The number of hydrogen-bond donors (Lipinski definition) is 0. The quantitative estimate of drug-likeness (QED) is 0.124. The molecule has 0 aliphatic carbocycles. The predicted molar refractivity (Wildman–Crippen MR) is 209 cm³/mol. The first-order chi connectivity index (χ1) is 29.1. The molecule has 0 radical (unpaired) electrons. The Morgan fingerprint density at radius 1 is 0.641 bits per heavy atom. The maximum Gasteiger partial charge on any atom is 0.498 e. The topological polar surface area (TPSA) is 133 Å². The molecule has 1 aliphatic heterocycles. The van der Waals surface area contributed by atoms with Crippen LogP contribution in [0, 0.1) is 13.8 Å². The number of halogens is 13. The zero-order valence-corrected chi connectivity index (χ0v) is 36.5. The Balaban J connectivity index is 0.000000186. The summed E-state index contributed by atoms with van der Waals surface area (Å²) < 4.78 is 170. The number of nitrogens with zero attached hydrogens (tertiary/aromatic N) is 10. The van der Waals surface area contributed by atoms with Crippen LogP contribution >= 0.6 is 15.9 Å². The third kappa shape index (κ3) is 10.9. The molecule has 350 valence electrons. The van der Waals surface area contributed by atoms with Crippen molar-refractivity contribution in [2.45, 2.75) is 103 Å². The molecule has 0 amide bonds. The molecule has 0 spiro atoms. The molecular formula is C36H38BBrF12N10O4. The fraction of sp³-hybridized carbons (Fsp3) is 0.500. The Labute approximate surface area is 362 Å². The van der Waals surface area contributed by atoms with Crippen molar-refractivity contribution in [2.24, 2.45) is 14.1 Å². The Kier molecular flexibility index (Phi) is 13.5. The smallest absolute Gasteiger partial charge is 0.399 e. The van der Waals surface area contributed by atoms with Crippen molar-refractivity contribution in [2.75, 3.05) is 0 Å². The molecule has 28 heteroatoms. The fourth-order valence-electron chi connectivity index (χ4n) is 5.94. The first kappa shape index (κ1) is 49.9. The Morgan fingerprint density at radius 3 is 1.52 bits per heavy atom. The second-order valence-corrected chi connectivity index (χ2v) is 16.4. The van der Waals surface area contributed by atoms with Crippen molar-refractivity contribution in [3.63, 3.8) is 0 Å². The van der Waals surface area contributed by atoms with Gasteiger partial charge in [-0.05, 0) is 57.5 Å². The van der Waals surface area contributed by atoms with Gasteiger partial charge in [0.15, 0.2) is 11.4 Å². The van der Waals surface area contributed by atoms with Gasteiger partial charge in [-0.3, -0.25) is 27.8 Å². The van der Waals surface area contributed by atoms with Gasteiger partial charge < -0.3 is 18.4 Å². The van der Waals surface area contributed by atoms with E-state index in [9.17, 15) is 62.3 Å². The van der Waals surface area contributed by atoms with Gasteiger partial charge in [0, 0.05) is 80.6 Å². The minimum atomic E-state index is -4.94. The monoisotopic (exact) mass is 992 g/mol. The standard InChI is InChI=1S/C15H13F6N5O.C12H18BF3N2O2.C9H7BrF3N3O/c1-8-6-26-12(27)10(11(15(19,20)21)23-13(26)24(8)2)9-5-22-25(7-9)4-3-14(16,17)18;1-10(2)11(3,4)20-13(19-10)9-7-17-18(8-9)6-5-12(14,15)16;1-4-3-16-7(17)5(10)6(9(11,12)13)14-8(16)15(4)2/h5-7H,3-4H2,1-2H3;7-8H,5-6H2,1-4H3;3H,1-2H3. The van der Waals surface area contributed by atoms with E-state index in [0.29, 0.717) is 16.9 Å². The van der Waals surface area contributed by atoms with Crippen molar-refractivity contribution in [3.8, 4) is 11.1 Å². The molecule has 0 unspecified atom stereocenters. The highest BCUT2D eigenvalue weighted by atomic mass is 79.9. The van der Waals surface area contributed by atoms with Crippen LogP contribution in [0.3, 0.4) is 0 Å². The van der Waals surface area contributed by atoms with Crippen LogP contribution in [0.2, 0.25) is 0 Å². The van der Waals surface area contributed by atoms with Crippen LogP contribution in [0.5, 0.6) is 0 Å². The molecule has 0 atom stereocenters. The zero-order chi connectivity index (χ0) is 48.3. The van der Waals surface area contributed by atoms with E-state index in [1.54, 1.807) is 20.9 Å². The van der Waals surface area contributed by atoms with Crippen LogP contribution in [0.25, 0.3) is 22.7 Å². The molecule has 1 saturated heterocycles. The number of aromatic nitrogens is 10. The highest BCUT2D eigenvalue weighted by Crippen LogP contribution is 2.37. The Morgan fingerprint density at radius 2 is 1.06 bits per heavy atom. The molecule has 7 heterocycles. The molecule has 0 bridgehead atoms. The lowest BCUT2D eigenvalue weighted by atomic mass is 9.82. The van der Waals surface area contributed by atoms with Crippen LogP contribution in [0.15, 0.2) is 51.2 Å². The molecule has 7 rings (SSSR count). The third-order valence-corrected chi connectivity index (χ3v) is 11.0. The largest absolute Gasteiger partial charge is 0.498 e. The zero-order valence-electron chi connectivity index (χ0n) is 34.9. The molecule has 0 N–H and O–H groups in total. The minimum absolute atomic E-state index is 0.0389. The second kappa shape index (κ2) is 17.4. The second-order valence-electron chi connectivity index (χ2n) is 15.6. The van der Waals surface area contributed by atoms with Gasteiger partial charge >= 0.3 is 31.8 Å². The normalized spacial score (nSPS) is 15.4. The van der Waals surface area contributed by atoms with E-state index in [4.69, 9.17) is 9.31 Å². The summed E-state index contributed by atoms with van der Waals surface area (Å²) >= 11 is 2.65. The maximum absolute atomic E-state index is 13.5. The summed E-state index contributed by atoms with van der Waals surface area (Å²) in [6.45, 7) is 10.2. The van der Waals surface area contributed by atoms with Gasteiger partial charge in [0.05, 0.1) is 35.8 Å². The van der Waals surface area contributed by atoms with Gasteiger partial charge in [-0.1, -0.05) is 0 Å². The molecule has 14 nitrogen and oxygen atoms in total. The van der Waals surface area contributed by atoms with E-state index in [-0.39, 0.29) is 23.7 Å². The number of fused-ring (bicyclic) bond motifs is 2. The van der Waals surface area contributed by atoms with Gasteiger partial charge in [0.1, 0.15) is 4.47 Å². The molecule has 64 heavy (non-hydrogen) atoms. The van der Waals surface area contributed by atoms with Crippen molar-refractivity contribution < 1.29 is 62.0 Å². The van der Waals surface area contributed by atoms with Gasteiger partial charge in [-0.15, -0.1) is 0 Å². The third-order valence-electron chi connectivity index (χ3n) is 10.3. The molecule has 1 aliphatic rings. The highest BCUT2D eigenvalue weighted by Gasteiger charge is 2.52. The Hall–Kier alpha value is -5.12. The van der Waals surface area contributed by atoms with Crippen LogP contribution in [0.4, 0.5) is 52.7 Å². The van der Waals surface area contributed by atoms with E-state index in [1.165, 1.54) is 45.7 Å². The molecule has 0 aromatic carbocycles. The number of alkyl halides is 12. The number of aryl methyl sites for hydroxylation is 6. The van der Waals surface area contributed by atoms with Crippen molar-refractivity contribution >= 4 is 40.1 Å². The van der Waals surface area contributed by atoms with Gasteiger partial charge in [-0.25, -0.2) is 9.97 Å². The maximum atomic E-state index is 13.5. The van der Waals surface area contributed by atoms with Gasteiger partial charge in [0.2, 0.25) is 11.6 Å². The summed E-state index contributed by atoms with van der Waals surface area (Å²) in [5.41, 5.74) is -4.57. The van der Waals surface area contributed by atoms with Gasteiger partial charge in [-0.2, -0.15) is 62.9 Å². The lowest BCUT2D eigenvalue weighted by Crippen LogP contribution is -2.41. The lowest BCUT2D eigenvalue weighted by Gasteiger charge is -2.32. The SMILES string of the molecule is CC1(C)OB(c2cnn(CCC(F)(F)F)c2)OC1(C)C.Cc1cn2c(=O)c(-c3cnn(CCC(F)(F)F)c3)c(C(F)(F)F)nc2n1C.Cc1cn2c(=O)c(Br)c(C(F)(F)F)nc2n1C. The van der Waals surface area contributed by atoms with Gasteiger partial charge in [0.25, 0.3) is 11.1 Å². The van der Waals surface area contributed by atoms with E-state index in [2.05, 4.69) is 36.1 Å². The highest BCUT2D eigenvalue weighted by molar-refractivity contribution is 9.10. The van der Waals surface area contributed by atoms with Crippen molar-refractivity contribution in [1.82, 2.24) is 47.5 Å². The summed E-state index contributed by atoms with van der Waals surface area (Å²) in [6.07, 6.45) is -12.6. The molecule has 0 saturated carbocycles. The lowest BCUT2D eigenvalue weighted by molar-refractivity contribution is -0.142. The van der Waals surface area contributed by atoms with Crippen LogP contribution in [-0.4, -0.2) is 78.1 Å².